The van der Waals surface area contributed by atoms with Crippen molar-refractivity contribution in [1.29, 1.82) is 0 Å². The van der Waals surface area contributed by atoms with Gasteiger partial charge in [0.15, 0.2) is 11.5 Å². The van der Waals surface area contributed by atoms with E-state index in [4.69, 9.17) is 15.2 Å². The van der Waals surface area contributed by atoms with E-state index in [1.54, 1.807) is 0 Å². The largest absolute Gasteiger partial charge is 0.487 e. The van der Waals surface area contributed by atoms with Crippen LogP contribution in [0.3, 0.4) is 0 Å². The van der Waals surface area contributed by atoms with E-state index in [2.05, 4.69) is 4.98 Å². The van der Waals surface area contributed by atoms with Crippen molar-refractivity contribution in [2.75, 3.05) is 0 Å². The smallest absolute Gasteiger partial charge is 0.267 e. The predicted molar refractivity (Wildman–Crippen MR) is 62.2 cm³/mol. The van der Waals surface area contributed by atoms with Crippen LogP contribution < -0.4 is 15.2 Å². The first-order chi connectivity index (χ1) is 8.06. The van der Waals surface area contributed by atoms with Crippen LogP contribution in [-0.2, 0) is 0 Å². The van der Waals surface area contributed by atoms with E-state index in [1.165, 1.54) is 12.3 Å². The Hall–Kier alpha value is -1.78. The third-order valence-electron chi connectivity index (χ3n) is 2.26. The third kappa shape index (κ3) is 3.09. The molecule has 1 amide bonds. The number of carbonyl (C=O) groups is 1. The van der Waals surface area contributed by atoms with Gasteiger partial charge >= 0.3 is 0 Å². The average molecular weight is 236 g/mol. The molecule has 1 heterocycles. The molecule has 5 nitrogen and oxygen atoms in total. The minimum Gasteiger partial charge on any atom is -0.487 e. The number of hydrogen-bond donors (Lipinski definition) is 1. The standard InChI is InChI=1S/C12H16N2O3/c1-7(2)16-10-5-9(12(13)15)14-6-11(10)17-8-3-4-8/h5-8H,3-4H2,1-2H3,(H2,13,15). The summed E-state index contributed by atoms with van der Waals surface area (Å²) in [4.78, 5) is 15.0. The number of nitrogens with zero attached hydrogens (tertiary/aromatic N) is 1. The maximum Gasteiger partial charge on any atom is 0.267 e. The van der Waals surface area contributed by atoms with Crippen molar-refractivity contribution in [3.8, 4) is 11.5 Å². The van der Waals surface area contributed by atoms with Gasteiger partial charge in [-0.1, -0.05) is 0 Å². The fourth-order valence-corrected chi connectivity index (χ4v) is 1.36. The Morgan fingerprint density at radius 1 is 1.47 bits per heavy atom. The molecule has 1 aromatic heterocycles. The number of aromatic nitrogens is 1. The highest BCUT2D eigenvalue weighted by molar-refractivity contribution is 5.91. The van der Waals surface area contributed by atoms with Crippen molar-refractivity contribution in [3.05, 3.63) is 18.0 Å². The molecule has 0 atom stereocenters. The van der Waals surface area contributed by atoms with Crippen molar-refractivity contribution in [3.63, 3.8) is 0 Å². The average Bonchev–Trinajstić information content (AvgIpc) is 3.03. The topological polar surface area (TPSA) is 74.4 Å². The summed E-state index contributed by atoms with van der Waals surface area (Å²) in [5, 5.41) is 0. The second-order valence-electron chi connectivity index (χ2n) is 4.36. The van der Waals surface area contributed by atoms with Gasteiger partial charge in [0.25, 0.3) is 5.91 Å². The van der Waals surface area contributed by atoms with Crippen LogP contribution in [0.4, 0.5) is 0 Å². The first kappa shape index (κ1) is 11.7. The van der Waals surface area contributed by atoms with Crippen molar-refractivity contribution in [1.82, 2.24) is 4.98 Å². The Labute approximate surface area is 99.9 Å². The summed E-state index contributed by atoms with van der Waals surface area (Å²) < 4.78 is 11.2. The van der Waals surface area contributed by atoms with Gasteiger partial charge in [0.2, 0.25) is 0 Å². The van der Waals surface area contributed by atoms with Crippen LogP contribution in [0.15, 0.2) is 12.3 Å². The third-order valence-corrected chi connectivity index (χ3v) is 2.26. The maximum absolute atomic E-state index is 11.0. The molecule has 0 aliphatic heterocycles. The van der Waals surface area contributed by atoms with E-state index in [1.807, 2.05) is 13.8 Å². The Balaban J connectivity index is 2.25. The van der Waals surface area contributed by atoms with E-state index in [9.17, 15) is 4.79 Å². The van der Waals surface area contributed by atoms with Crippen LogP contribution in [0.25, 0.3) is 0 Å². The van der Waals surface area contributed by atoms with Gasteiger partial charge < -0.3 is 15.2 Å². The summed E-state index contributed by atoms with van der Waals surface area (Å²) >= 11 is 0. The lowest BCUT2D eigenvalue weighted by atomic mass is 10.3. The lowest BCUT2D eigenvalue weighted by Gasteiger charge is -2.14. The number of rotatable bonds is 5. The van der Waals surface area contributed by atoms with Crippen LogP contribution in [0.5, 0.6) is 11.5 Å². The van der Waals surface area contributed by atoms with Crippen LogP contribution >= 0.6 is 0 Å². The zero-order valence-corrected chi connectivity index (χ0v) is 9.97. The van der Waals surface area contributed by atoms with Gasteiger partial charge in [0.1, 0.15) is 5.69 Å². The maximum atomic E-state index is 11.0. The van der Waals surface area contributed by atoms with E-state index in [0.717, 1.165) is 12.8 Å². The Kier molecular flexibility index (Phi) is 3.17. The summed E-state index contributed by atoms with van der Waals surface area (Å²) in [6.07, 6.45) is 3.86. The molecule has 17 heavy (non-hydrogen) atoms. The number of pyridine rings is 1. The molecule has 1 saturated carbocycles. The Morgan fingerprint density at radius 3 is 2.71 bits per heavy atom. The SMILES string of the molecule is CC(C)Oc1cc(C(N)=O)ncc1OC1CC1. The Morgan fingerprint density at radius 2 is 2.18 bits per heavy atom. The molecule has 1 aliphatic carbocycles. The molecule has 2 N–H and O–H groups in total. The summed E-state index contributed by atoms with van der Waals surface area (Å²) in [5.74, 6) is 0.526. The summed E-state index contributed by atoms with van der Waals surface area (Å²) in [6.45, 7) is 3.82. The van der Waals surface area contributed by atoms with Gasteiger partial charge in [-0.05, 0) is 26.7 Å². The molecule has 0 spiro atoms. The molecule has 1 fully saturated rings. The fraction of sp³-hybridized carbons (Fsp3) is 0.500. The zero-order chi connectivity index (χ0) is 12.4. The van der Waals surface area contributed by atoms with Gasteiger partial charge in [0.05, 0.1) is 18.4 Å². The van der Waals surface area contributed by atoms with Crippen molar-refractivity contribution in [2.24, 2.45) is 5.73 Å². The molecule has 1 aliphatic rings. The summed E-state index contributed by atoms with van der Waals surface area (Å²) in [7, 11) is 0. The summed E-state index contributed by atoms with van der Waals surface area (Å²) in [6, 6.07) is 1.53. The number of carbonyl (C=O) groups excluding carboxylic acids is 1. The van der Waals surface area contributed by atoms with Gasteiger partial charge in [-0.3, -0.25) is 4.79 Å². The van der Waals surface area contributed by atoms with E-state index < -0.39 is 5.91 Å². The minimum atomic E-state index is -0.573. The molecule has 0 saturated heterocycles. The second kappa shape index (κ2) is 4.61. The molecule has 0 radical (unpaired) electrons. The van der Waals surface area contributed by atoms with Crippen LogP contribution in [0.1, 0.15) is 37.2 Å². The lowest BCUT2D eigenvalue weighted by Crippen LogP contribution is -2.15. The fourth-order valence-electron chi connectivity index (χ4n) is 1.36. The van der Waals surface area contributed by atoms with Crippen molar-refractivity contribution in [2.45, 2.75) is 38.9 Å². The highest BCUT2D eigenvalue weighted by atomic mass is 16.5. The highest BCUT2D eigenvalue weighted by Gasteiger charge is 2.25. The van der Waals surface area contributed by atoms with Crippen LogP contribution in [-0.4, -0.2) is 23.1 Å². The monoisotopic (exact) mass is 236 g/mol. The number of ether oxygens (including phenoxy) is 2. The predicted octanol–water partition coefficient (Wildman–Crippen LogP) is 1.51. The Bertz CT molecular complexity index is 428. The van der Waals surface area contributed by atoms with Crippen LogP contribution in [0, 0.1) is 0 Å². The quantitative estimate of drug-likeness (QED) is 0.840. The number of amides is 1. The first-order valence-corrected chi connectivity index (χ1v) is 5.69. The number of hydrogen-bond acceptors (Lipinski definition) is 4. The summed E-state index contributed by atoms with van der Waals surface area (Å²) in [5.41, 5.74) is 5.36. The molecule has 2 rings (SSSR count). The minimum absolute atomic E-state index is 0.000297. The zero-order valence-electron chi connectivity index (χ0n) is 9.97. The lowest BCUT2D eigenvalue weighted by molar-refractivity contribution is 0.0994. The molecule has 5 heteroatoms. The normalized spacial score (nSPS) is 14.8. The number of primary amides is 1. The van der Waals surface area contributed by atoms with Gasteiger partial charge in [-0.2, -0.15) is 0 Å². The van der Waals surface area contributed by atoms with Crippen molar-refractivity contribution < 1.29 is 14.3 Å². The molecule has 92 valence electrons. The molecule has 0 bridgehead atoms. The highest BCUT2D eigenvalue weighted by Crippen LogP contribution is 2.33. The van der Waals surface area contributed by atoms with E-state index in [-0.39, 0.29) is 17.9 Å². The van der Waals surface area contributed by atoms with Gasteiger partial charge in [-0.25, -0.2) is 4.98 Å². The van der Waals surface area contributed by atoms with Crippen LogP contribution in [0.2, 0.25) is 0 Å². The number of nitrogens with two attached hydrogens (primary N) is 1. The molecular weight excluding hydrogens is 220 g/mol. The first-order valence-electron chi connectivity index (χ1n) is 5.69. The van der Waals surface area contributed by atoms with Crippen molar-refractivity contribution >= 4 is 5.91 Å². The molecule has 0 aromatic carbocycles. The van der Waals surface area contributed by atoms with E-state index >= 15 is 0 Å². The van der Waals surface area contributed by atoms with Gasteiger partial charge in [-0.15, -0.1) is 0 Å². The molecule has 1 aromatic rings. The second-order valence-corrected chi connectivity index (χ2v) is 4.36. The van der Waals surface area contributed by atoms with Gasteiger partial charge in [0, 0.05) is 6.07 Å². The molecular formula is C12H16N2O3. The molecule has 0 unspecified atom stereocenters. The van der Waals surface area contributed by atoms with E-state index in [0.29, 0.717) is 11.5 Å².